The maximum absolute atomic E-state index is 5.15. The highest BCUT2D eigenvalue weighted by Crippen LogP contribution is 2.42. The lowest BCUT2D eigenvalue weighted by Crippen LogP contribution is -2.25. The van der Waals surface area contributed by atoms with Crippen LogP contribution >= 0.6 is 11.3 Å². The van der Waals surface area contributed by atoms with E-state index in [0.717, 1.165) is 43.7 Å². The summed E-state index contributed by atoms with van der Waals surface area (Å²) in [6.45, 7) is 8.82. The van der Waals surface area contributed by atoms with E-state index in [9.17, 15) is 0 Å². The molecule has 27 heavy (non-hydrogen) atoms. The van der Waals surface area contributed by atoms with Gasteiger partial charge in [0.1, 0.15) is 17.0 Å². The van der Waals surface area contributed by atoms with Gasteiger partial charge in [0.15, 0.2) is 0 Å². The summed E-state index contributed by atoms with van der Waals surface area (Å²) in [5.74, 6) is 1.11. The van der Waals surface area contributed by atoms with Crippen LogP contribution in [0.1, 0.15) is 69.7 Å². The molecule has 0 saturated carbocycles. The van der Waals surface area contributed by atoms with Crippen LogP contribution in [0.15, 0.2) is 6.33 Å². The highest BCUT2D eigenvalue weighted by atomic mass is 32.1. The van der Waals surface area contributed by atoms with E-state index >= 15 is 0 Å². The van der Waals surface area contributed by atoms with Crippen LogP contribution in [-0.2, 0) is 19.3 Å². The number of unbranched alkanes of at least 4 members (excludes halogenated alkanes) is 1. The predicted octanol–water partition coefficient (Wildman–Crippen LogP) is 5.70. The standard InChI is InChI=1S/C22H30N4S/c1-4-7-11-17-15-9-8-10-16(15)18-19-20(27-22(18)25-17)21(24-14-23-19)26(12-5-2)13-6-3/h14H,4-13H2,1-3H3. The van der Waals surface area contributed by atoms with Crippen molar-refractivity contribution in [2.75, 3.05) is 18.0 Å². The third-order valence-electron chi connectivity index (χ3n) is 5.59. The number of hydrogen-bond donors (Lipinski definition) is 0. The van der Waals surface area contributed by atoms with Gasteiger partial charge in [-0.15, -0.1) is 11.3 Å². The van der Waals surface area contributed by atoms with Gasteiger partial charge in [-0.3, -0.25) is 0 Å². The molecule has 4 rings (SSSR count). The topological polar surface area (TPSA) is 41.9 Å². The van der Waals surface area contributed by atoms with Crippen LogP contribution in [0.4, 0.5) is 5.82 Å². The van der Waals surface area contributed by atoms with Crippen molar-refractivity contribution in [2.45, 2.75) is 72.1 Å². The minimum atomic E-state index is 1.04. The van der Waals surface area contributed by atoms with Crippen LogP contribution in [0.5, 0.6) is 0 Å². The zero-order valence-corrected chi connectivity index (χ0v) is 17.7. The first-order chi connectivity index (χ1) is 13.3. The van der Waals surface area contributed by atoms with E-state index in [2.05, 4.69) is 25.7 Å². The molecule has 0 amide bonds. The number of fused-ring (bicyclic) bond motifs is 5. The molecule has 0 atom stereocenters. The van der Waals surface area contributed by atoms with Gasteiger partial charge in [-0.2, -0.15) is 0 Å². The normalized spacial score (nSPS) is 13.6. The average molecular weight is 383 g/mol. The summed E-state index contributed by atoms with van der Waals surface area (Å²) in [7, 11) is 0. The van der Waals surface area contributed by atoms with Crippen LogP contribution in [0.3, 0.4) is 0 Å². The first kappa shape index (κ1) is 18.6. The number of aromatic nitrogens is 3. The van der Waals surface area contributed by atoms with Crippen molar-refractivity contribution in [2.24, 2.45) is 0 Å². The Kier molecular flexibility index (Phi) is 5.58. The molecule has 3 aromatic rings. The van der Waals surface area contributed by atoms with Crippen molar-refractivity contribution in [3.63, 3.8) is 0 Å². The fourth-order valence-corrected chi connectivity index (χ4v) is 5.60. The molecular weight excluding hydrogens is 352 g/mol. The molecule has 0 aromatic carbocycles. The van der Waals surface area contributed by atoms with Crippen LogP contribution < -0.4 is 4.90 Å². The molecule has 0 N–H and O–H groups in total. The Bertz CT molecular complexity index is 941. The Morgan fingerprint density at radius 1 is 1.00 bits per heavy atom. The molecule has 1 aliphatic carbocycles. The monoisotopic (exact) mass is 382 g/mol. The van der Waals surface area contributed by atoms with E-state index in [0.29, 0.717) is 0 Å². The summed E-state index contributed by atoms with van der Waals surface area (Å²) in [6, 6.07) is 0. The molecule has 144 valence electrons. The molecule has 0 spiro atoms. The van der Waals surface area contributed by atoms with E-state index in [4.69, 9.17) is 15.0 Å². The summed E-state index contributed by atoms with van der Waals surface area (Å²) in [6.07, 6.45) is 11.2. The van der Waals surface area contributed by atoms with E-state index in [1.165, 1.54) is 63.8 Å². The molecule has 1 aliphatic rings. The number of anilines is 1. The summed E-state index contributed by atoms with van der Waals surface area (Å²) in [5, 5.41) is 1.32. The van der Waals surface area contributed by atoms with Gasteiger partial charge < -0.3 is 4.90 Å². The first-order valence-corrected chi connectivity index (χ1v) is 11.4. The molecule has 0 saturated heterocycles. The number of thiophene rings is 1. The molecule has 0 fully saturated rings. The Morgan fingerprint density at radius 2 is 1.78 bits per heavy atom. The Labute approximate surface area is 166 Å². The van der Waals surface area contributed by atoms with Crippen molar-refractivity contribution >= 4 is 37.6 Å². The second-order valence-electron chi connectivity index (χ2n) is 7.62. The lowest BCUT2D eigenvalue weighted by atomic mass is 10.0. The minimum absolute atomic E-state index is 1.04. The van der Waals surface area contributed by atoms with Gasteiger partial charge in [0.2, 0.25) is 0 Å². The summed E-state index contributed by atoms with van der Waals surface area (Å²) >= 11 is 1.80. The molecular formula is C22H30N4S. The van der Waals surface area contributed by atoms with Crippen LogP contribution in [0, 0.1) is 0 Å². The molecule has 3 aromatic heterocycles. The molecule has 3 heterocycles. The highest BCUT2D eigenvalue weighted by Gasteiger charge is 2.24. The van der Waals surface area contributed by atoms with Gasteiger partial charge in [-0.25, -0.2) is 15.0 Å². The Balaban J connectivity index is 1.92. The van der Waals surface area contributed by atoms with E-state index in [-0.39, 0.29) is 0 Å². The summed E-state index contributed by atoms with van der Waals surface area (Å²) < 4.78 is 1.23. The second kappa shape index (κ2) is 8.09. The maximum atomic E-state index is 5.15. The molecule has 0 bridgehead atoms. The first-order valence-electron chi connectivity index (χ1n) is 10.6. The van der Waals surface area contributed by atoms with E-state index < -0.39 is 0 Å². The fraction of sp³-hybridized carbons (Fsp3) is 0.591. The van der Waals surface area contributed by atoms with Crippen LogP contribution in [0.25, 0.3) is 20.4 Å². The lowest BCUT2D eigenvalue weighted by Gasteiger charge is -2.22. The quantitative estimate of drug-likeness (QED) is 0.501. The summed E-state index contributed by atoms with van der Waals surface area (Å²) in [5.41, 5.74) is 5.52. The van der Waals surface area contributed by atoms with Crippen LogP contribution in [-0.4, -0.2) is 28.0 Å². The van der Waals surface area contributed by atoms with Gasteiger partial charge in [-0.1, -0.05) is 27.2 Å². The number of rotatable bonds is 8. The van der Waals surface area contributed by atoms with Gasteiger partial charge >= 0.3 is 0 Å². The zero-order valence-electron chi connectivity index (χ0n) is 16.8. The van der Waals surface area contributed by atoms with E-state index in [1.54, 1.807) is 17.7 Å². The van der Waals surface area contributed by atoms with Crippen molar-refractivity contribution in [1.82, 2.24) is 15.0 Å². The minimum Gasteiger partial charge on any atom is -0.355 e. The number of hydrogen-bond acceptors (Lipinski definition) is 5. The Morgan fingerprint density at radius 3 is 2.52 bits per heavy atom. The van der Waals surface area contributed by atoms with Crippen molar-refractivity contribution in [3.8, 4) is 0 Å². The van der Waals surface area contributed by atoms with Gasteiger partial charge in [0, 0.05) is 24.2 Å². The molecule has 0 aliphatic heterocycles. The molecule has 5 heteroatoms. The maximum Gasteiger partial charge on any atom is 0.150 e. The van der Waals surface area contributed by atoms with Gasteiger partial charge in [0.05, 0.1) is 10.2 Å². The van der Waals surface area contributed by atoms with E-state index in [1.807, 2.05) is 0 Å². The van der Waals surface area contributed by atoms with Crippen molar-refractivity contribution in [3.05, 3.63) is 23.1 Å². The number of nitrogens with zero attached hydrogens (tertiary/aromatic N) is 4. The third-order valence-corrected chi connectivity index (χ3v) is 6.66. The van der Waals surface area contributed by atoms with Crippen LogP contribution in [0.2, 0.25) is 0 Å². The number of pyridine rings is 1. The SMILES string of the molecule is CCCCc1nc2sc3c(N(CCC)CCC)ncnc3c2c2c1CCC2. The predicted molar refractivity (Wildman–Crippen MR) is 116 cm³/mol. The molecule has 0 unspecified atom stereocenters. The van der Waals surface area contributed by atoms with Gasteiger partial charge in [-0.05, 0) is 56.1 Å². The summed E-state index contributed by atoms with van der Waals surface area (Å²) in [4.78, 5) is 18.2. The fourth-order valence-electron chi connectivity index (χ4n) is 4.40. The Hall–Kier alpha value is -1.75. The van der Waals surface area contributed by atoms with Crippen molar-refractivity contribution < 1.29 is 0 Å². The average Bonchev–Trinajstić information content (AvgIpc) is 3.29. The number of aryl methyl sites for hydroxylation is 2. The second-order valence-corrected chi connectivity index (χ2v) is 8.62. The zero-order chi connectivity index (χ0) is 18.8. The van der Waals surface area contributed by atoms with Gasteiger partial charge in [0.25, 0.3) is 0 Å². The lowest BCUT2D eigenvalue weighted by molar-refractivity contribution is 0.737. The smallest absolute Gasteiger partial charge is 0.150 e. The molecule has 4 nitrogen and oxygen atoms in total. The highest BCUT2D eigenvalue weighted by molar-refractivity contribution is 7.26. The van der Waals surface area contributed by atoms with Crippen molar-refractivity contribution in [1.29, 1.82) is 0 Å². The third kappa shape index (κ3) is 3.31. The largest absolute Gasteiger partial charge is 0.355 e. The molecule has 0 radical (unpaired) electrons.